The maximum Gasteiger partial charge on any atom is 0.239 e. The van der Waals surface area contributed by atoms with Gasteiger partial charge in [-0.3, -0.25) is 9.48 Å². The summed E-state index contributed by atoms with van der Waals surface area (Å²) in [6, 6.07) is -0.415. The van der Waals surface area contributed by atoms with Gasteiger partial charge in [0.15, 0.2) is 0 Å². The number of aromatic nitrogens is 2. The van der Waals surface area contributed by atoms with Gasteiger partial charge in [-0.05, 0) is 5.92 Å². The number of likely N-dealkylation sites (N-methyl/N-ethyl adjacent to an activating group) is 1. The minimum absolute atomic E-state index is 0.0109. The van der Waals surface area contributed by atoms with Crippen molar-refractivity contribution < 1.29 is 4.79 Å². The van der Waals surface area contributed by atoms with Crippen LogP contribution < -0.4 is 5.73 Å². The second-order valence-corrected chi connectivity index (χ2v) is 4.63. The van der Waals surface area contributed by atoms with E-state index in [0.717, 1.165) is 12.0 Å². The molecule has 5 nitrogen and oxygen atoms in total. The zero-order valence-electron chi connectivity index (χ0n) is 11.1. The Bertz CT molecular complexity index is 374. The molecule has 17 heavy (non-hydrogen) atoms. The molecule has 0 unspecified atom stereocenters. The van der Waals surface area contributed by atoms with E-state index in [1.165, 1.54) is 0 Å². The summed E-state index contributed by atoms with van der Waals surface area (Å²) in [5.41, 5.74) is 6.93. The van der Waals surface area contributed by atoms with E-state index in [4.69, 9.17) is 5.73 Å². The fourth-order valence-corrected chi connectivity index (χ4v) is 1.66. The van der Waals surface area contributed by atoms with Crippen molar-refractivity contribution in [3.8, 4) is 0 Å². The standard InChI is InChI=1S/C12H22N4O/c1-5-9(2)11(13)12(17)15(3)7-10-6-14-16(4)8-10/h6,8-9,11H,5,7,13H2,1-4H3/t9-,11-/m0/s1. The molecule has 96 valence electrons. The summed E-state index contributed by atoms with van der Waals surface area (Å²) >= 11 is 0. The normalized spacial score (nSPS) is 14.4. The summed E-state index contributed by atoms with van der Waals surface area (Å²) in [4.78, 5) is 13.7. The SMILES string of the molecule is CC[C@H](C)[C@H](N)C(=O)N(C)Cc1cnn(C)c1. The Morgan fingerprint density at radius 1 is 1.65 bits per heavy atom. The van der Waals surface area contributed by atoms with Crippen LogP contribution in [0.1, 0.15) is 25.8 Å². The summed E-state index contributed by atoms with van der Waals surface area (Å²) in [6.45, 7) is 4.59. The fourth-order valence-electron chi connectivity index (χ4n) is 1.66. The van der Waals surface area contributed by atoms with E-state index in [0.29, 0.717) is 6.54 Å². The highest BCUT2D eigenvalue weighted by atomic mass is 16.2. The molecule has 1 heterocycles. The van der Waals surface area contributed by atoms with Gasteiger partial charge >= 0.3 is 0 Å². The largest absolute Gasteiger partial charge is 0.340 e. The van der Waals surface area contributed by atoms with E-state index in [2.05, 4.69) is 5.10 Å². The van der Waals surface area contributed by atoms with Crippen molar-refractivity contribution in [1.82, 2.24) is 14.7 Å². The Labute approximate surface area is 103 Å². The van der Waals surface area contributed by atoms with Gasteiger partial charge in [-0.25, -0.2) is 0 Å². The van der Waals surface area contributed by atoms with Crippen molar-refractivity contribution in [2.45, 2.75) is 32.9 Å². The van der Waals surface area contributed by atoms with Crippen LogP contribution in [0.4, 0.5) is 0 Å². The maximum absolute atomic E-state index is 12.0. The predicted molar refractivity (Wildman–Crippen MR) is 67.1 cm³/mol. The van der Waals surface area contributed by atoms with Gasteiger partial charge in [0.05, 0.1) is 12.2 Å². The summed E-state index contributed by atoms with van der Waals surface area (Å²) in [5.74, 6) is 0.196. The quantitative estimate of drug-likeness (QED) is 0.823. The molecule has 1 aromatic heterocycles. The number of nitrogens with zero attached hydrogens (tertiary/aromatic N) is 3. The molecule has 0 radical (unpaired) electrons. The minimum atomic E-state index is -0.415. The molecule has 0 aliphatic carbocycles. The molecule has 0 bridgehead atoms. The van der Waals surface area contributed by atoms with Crippen LogP contribution in [0.15, 0.2) is 12.4 Å². The topological polar surface area (TPSA) is 64.2 Å². The van der Waals surface area contributed by atoms with Crippen LogP contribution in [0, 0.1) is 5.92 Å². The van der Waals surface area contributed by atoms with Gasteiger partial charge in [-0.1, -0.05) is 20.3 Å². The molecule has 0 spiro atoms. The predicted octanol–water partition coefficient (Wildman–Crippen LogP) is 0.752. The van der Waals surface area contributed by atoms with E-state index < -0.39 is 6.04 Å². The van der Waals surface area contributed by atoms with Gasteiger partial charge in [0.25, 0.3) is 0 Å². The highest BCUT2D eigenvalue weighted by Crippen LogP contribution is 2.09. The molecule has 0 saturated carbocycles. The number of hydrogen-bond acceptors (Lipinski definition) is 3. The number of amides is 1. The number of aryl methyl sites for hydroxylation is 1. The average Bonchev–Trinajstić information content (AvgIpc) is 2.71. The first-order valence-corrected chi connectivity index (χ1v) is 5.93. The smallest absolute Gasteiger partial charge is 0.239 e. The molecular weight excluding hydrogens is 216 g/mol. The van der Waals surface area contributed by atoms with Crippen molar-refractivity contribution in [3.63, 3.8) is 0 Å². The van der Waals surface area contributed by atoms with E-state index in [-0.39, 0.29) is 11.8 Å². The molecule has 5 heteroatoms. The van der Waals surface area contributed by atoms with Crippen LogP contribution in [0.5, 0.6) is 0 Å². The third kappa shape index (κ3) is 3.56. The molecule has 1 amide bonds. The van der Waals surface area contributed by atoms with Gasteiger partial charge in [-0.2, -0.15) is 5.10 Å². The summed E-state index contributed by atoms with van der Waals surface area (Å²) in [7, 11) is 3.63. The van der Waals surface area contributed by atoms with E-state index in [9.17, 15) is 4.79 Å². The molecule has 0 aliphatic heterocycles. The summed E-state index contributed by atoms with van der Waals surface area (Å²) < 4.78 is 1.72. The number of carbonyl (C=O) groups excluding carboxylic acids is 1. The van der Waals surface area contributed by atoms with E-state index in [1.54, 1.807) is 22.8 Å². The van der Waals surface area contributed by atoms with Crippen molar-refractivity contribution in [3.05, 3.63) is 18.0 Å². The molecule has 0 saturated heterocycles. The number of rotatable bonds is 5. The molecule has 2 atom stereocenters. The lowest BCUT2D eigenvalue weighted by atomic mass is 9.99. The third-order valence-electron chi connectivity index (χ3n) is 3.10. The minimum Gasteiger partial charge on any atom is -0.340 e. The zero-order valence-corrected chi connectivity index (χ0v) is 11.1. The van der Waals surface area contributed by atoms with Crippen LogP contribution in [0.3, 0.4) is 0 Å². The van der Waals surface area contributed by atoms with Crippen molar-refractivity contribution in [2.24, 2.45) is 18.7 Å². The highest BCUT2D eigenvalue weighted by Gasteiger charge is 2.22. The van der Waals surface area contributed by atoms with Gasteiger partial charge in [0, 0.05) is 32.4 Å². The van der Waals surface area contributed by atoms with Crippen LogP contribution >= 0.6 is 0 Å². The average molecular weight is 238 g/mol. The van der Waals surface area contributed by atoms with Crippen LogP contribution in [0.25, 0.3) is 0 Å². The zero-order chi connectivity index (χ0) is 13.0. The number of carbonyl (C=O) groups is 1. The van der Waals surface area contributed by atoms with Gasteiger partial charge < -0.3 is 10.6 Å². The number of nitrogens with two attached hydrogens (primary N) is 1. The lowest BCUT2D eigenvalue weighted by Gasteiger charge is -2.24. The van der Waals surface area contributed by atoms with Crippen molar-refractivity contribution in [1.29, 1.82) is 0 Å². The van der Waals surface area contributed by atoms with Crippen LogP contribution in [0.2, 0.25) is 0 Å². The van der Waals surface area contributed by atoms with E-state index >= 15 is 0 Å². The third-order valence-corrected chi connectivity index (χ3v) is 3.10. The van der Waals surface area contributed by atoms with Gasteiger partial charge in [-0.15, -0.1) is 0 Å². The lowest BCUT2D eigenvalue weighted by molar-refractivity contribution is -0.132. The summed E-state index contributed by atoms with van der Waals surface area (Å²) in [6.07, 6.45) is 4.57. The van der Waals surface area contributed by atoms with Crippen LogP contribution in [-0.4, -0.2) is 33.7 Å². The maximum atomic E-state index is 12.0. The molecule has 0 fully saturated rings. The van der Waals surface area contributed by atoms with Gasteiger partial charge in [0.1, 0.15) is 0 Å². The molecule has 0 aliphatic rings. The molecular formula is C12H22N4O. The van der Waals surface area contributed by atoms with Crippen molar-refractivity contribution >= 4 is 5.91 Å². The molecule has 1 rings (SSSR count). The number of hydrogen-bond donors (Lipinski definition) is 1. The molecule has 0 aromatic carbocycles. The van der Waals surface area contributed by atoms with Crippen molar-refractivity contribution in [2.75, 3.05) is 7.05 Å². The van der Waals surface area contributed by atoms with Crippen LogP contribution in [-0.2, 0) is 18.4 Å². The Morgan fingerprint density at radius 2 is 2.29 bits per heavy atom. The Morgan fingerprint density at radius 3 is 2.76 bits per heavy atom. The summed E-state index contributed by atoms with van der Waals surface area (Å²) in [5, 5.41) is 4.07. The molecule has 1 aromatic rings. The Kier molecular flexibility index (Phi) is 4.69. The highest BCUT2D eigenvalue weighted by molar-refractivity contribution is 5.81. The second-order valence-electron chi connectivity index (χ2n) is 4.63. The Hall–Kier alpha value is -1.36. The first-order chi connectivity index (χ1) is 7.95. The molecule has 2 N–H and O–H groups in total. The van der Waals surface area contributed by atoms with Gasteiger partial charge in [0.2, 0.25) is 5.91 Å². The first-order valence-electron chi connectivity index (χ1n) is 5.93. The lowest BCUT2D eigenvalue weighted by Crippen LogP contribution is -2.45. The monoisotopic (exact) mass is 238 g/mol. The van der Waals surface area contributed by atoms with E-state index in [1.807, 2.05) is 27.1 Å². The fraction of sp³-hybridized carbons (Fsp3) is 0.667. The second kappa shape index (κ2) is 5.82. The Balaban J connectivity index is 2.58. The first kappa shape index (κ1) is 13.7.